The van der Waals surface area contributed by atoms with Gasteiger partial charge in [-0.3, -0.25) is 4.79 Å². The van der Waals surface area contributed by atoms with Gasteiger partial charge in [0, 0.05) is 24.0 Å². The summed E-state index contributed by atoms with van der Waals surface area (Å²) in [5.74, 6) is -0.363. The fourth-order valence-electron chi connectivity index (χ4n) is 2.72. The first kappa shape index (κ1) is 15.3. The number of nitrogens with one attached hydrogen (secondary N) is 1. The summed E-state index contributed by atoms with van der Waals surface area (Å²) in [7, 11) is 0. The topological polar surface area (TPSA) is 36.1 Å². The summed E-state index contributed by atoms with van der Waals surface area (Å²) in [4.78, 5) is 17.7. The molecule has 4 heteroatoms. The number of aromatic amines is 1. The predicted octanol–water partition coefficient (Wildman–Crippen LogP) is 4.36. The number of carbonyl (C=O) groups is 1. The van der Waals surface area contributed by atoms with Crippen LogP contribution in [0.25, 0.3) is 10.9 Å². The number of halogens is 1. The van der Waals surface area contributed by atoms with Gasteiger partial charge in [-0.2, -0.15) is 0 Å². The molecule has 0 aliphatic heterocycles. The van der Waals surface area contributed by atoms with Gasteiger partial charge in [0.15, 0.2) is 0 Å². The van der Waals surface area contributed by atoms with Crippen molar-refractivity contribution in [1.82, 2.24) is 9.88 Å². The first-order valence-corrected chi connectivity index (χ1v) is 7.79. The third-order valence-electron chi connectivity index (χ3n) is 3.81. The lowest BCUT2D eigenvalue weighted by atomic mass is 10.2. The van der Waals surface area contributed by atoms with Gasteiger partial charge in [-0.1, -0.05) is 37.3 Å². The van der Waals surface area contributed by atoms with Gasteiger partial charge in [0.05, 0.1) is 0 Å². The molecule has 1 amide bonds. The molecule has 118 valence electrons. The van der Waals surface area contributed by atoms with Gasteiger partial charge in [0.25, 0.3) is 5.91 Å². The van der Waals surface area contributed by atoms with Crippen LogP contribution in [0.3, 0.4) is 0 Å². The molecule has 3 nitrogen and oxygen atoms in total. The molecular formula is C19H19FN2O. The average molecular weight is 310 g/mol. The fourth-order valence-corrected chi connectivity index (χ4v) is 2.72. The molecule has 0 bridgehead atoms. The maximum atomic E-state index is 13.3. The van der Waals surface area contributed by atoms with E-state index >= 15 is 0 Å². The standard InChI is InChI=1S/C19H19FN2O/c1-2-10-22(13-14-6-4-3-5-7-14)19(23)18-12-15-11-16(20)8-9-17(15)21-18/h3-9,11-12,21H,2,10,13H2,1H3. The molecule has 0 saturated heterocycles. The second kappa shape index (κ2) is 6.65. The summed E-state index contributed by atoms with van der Waals surface area (Å²) in [6.45, 7) is 3.29. The second-order valence-electron chi connectivity index (χ2n) is 5.63. The normalized spacial score (nSPS) is 10.9. The van der Waals surface area contributed by atoms with Crippen molar-refractivity contribution in [3.63, 3.8) is 0 Å². The van der Waals surface area contributed by atoms with E-state index in [0.717, 1.165) is 17.5 Å². The lowest BCUT2D eigenvalue weighted by molar-refractivity contribution is 0.0738. The Morgan fingerprint density at radius 2 is 1.91 bits per heavy atom. The highest BCUT2D eigenvalue weighted by Gasteiger charge is 2.17. The van der Waals surface area contributed by atoms with E-state index in [9.17, 15) is 9.18 Å². The molecule has 0 radical (unpaired) electrons. The van der Waals surface area contributed by atoms with Crippen LogP contribution in [-0.2, 0) is 6.54 Å². The summed E-state index contributed by atoms with van der Waals surface area (Å²) in [5.41, 5.74) is 2.36. The molecule has 0 saturated carbocycles. The second-order valence-corrected chi connectivity index (χ2v) is 5.63. The Morgan fingerprint density at radius 3 is 2.65 bits per heavy atom. The van der Waals surface area contributed by atoms with E-state index < -0.39 is 0 Å². The quantitative estimate of drug-likeness (QED) is 0.747. The van der Waals surface area contributed by atoms with Crippen LogP contribution in [0.1, 0.15) is 29.4 Å². The highest BCUT2D eigenvalue weighted by molar-refractivity contribution is 5.98. The Kier molecular flexibility index (Phi) is 4.42. The van der Waals surface area contributed by atoms with Gasteiger partial charge in [0.1, 0.15) is 11.5 Å². The molecule has 0 spiro atoms. The van der Waals surface area contributed by atoms with Crippen LogP contribution in [0.15, 0.2) is 54.6 Å². The molecule has 23 heavy (non-hydrogen) atoms. The highest BCUT2D eigenvalue weighted by atomic mass is 19.1. The SMILES string of the molecule is CCCN(Cc1ccccc1)C(=O)c1cc2cc(F)ccc2[nH]1. The number of benzene rings is 2. The molecule has 3 rings (SSSR count). The van der Waals surface area contributed by atoms with Crippen molar-refractivity contribution in [3.8, 4) is 0 Å². The van der Waals surface area contributed by atoms with Gasteiger partial charge in [0.2, 0.25) is 0 Å². The van der Waals surface area contributed by atoms with Gasteiger partial charge in [-0.05, 0) is 36.2 Å². The van der Waals surface area contributed by atoms with Crippen molar-refractivity contribution >= 4 is 16.8 Å². The number of amides is 1. The summed E-state index contributed by atoms with van der Waals surface area (Å²) in [6.07, 6.45) is 0.882. The maximum absolute atomic E-state index is 13.3. The van der Waals surface area contributed by atoms with Crippen molar-refractivity contribution in [1.29, 1.82) is 0 Å². The first-order chi connectivity index (χ1) is 11.2. The van der Waals surface area contributed by atoms with Gasteiger partial charge in [-0.15, -0.1) is 0 Å². The average Bonchev–Trinajstić information content (AvgIpc) is 2.98. The zero-order valence-corrected chi connectivity index (χ0v) is 13.1. The minimum absolute atomic E-state index is 0.0627. The smallest absolute Gasteiger partial charge is 0.270 e. The molecule has 0 unspecified atom stereocenters. The Bertz CT molecular complexity index is 811. The number of carbonyl (C=O) groups excluding carboxylic acids is 1. The molecule has 3 aromatic rings. The van der Waals surface area contributed by atoms with Crippen LogP contribution >= 0.6 is 0 Å². The largest absolute Gasteiger partial charge is 0.351 e. The minimum Gasteiger partial charge on any atom is -0.351 e. The van der Waals surface area contributed by atoms with Gasteiger partial charge < -0.3 is 9.88 Å². The number of hydrogen-bond donors (Lipinski definition) is 1. The van der Waals surface area contributed by atoms with E-state index in [1.807, 2.05) is 42.2 Å². The Labute approximate surface area is 134 Å². The zero-order chi connectivity index (χ0) is 16.2. The number of fused-ring (bicyclic) bond motifs is 1. The monoisotopic (exact) mass is 310 g/mol. The van der Waals surface area contributed by atoms with Crippen molar-refractivity contribution in [2.75, 3.05) is 6.54 Å². The van der Waals surface area contributed by atoms with Crippen molar-refractivity contribution in [2.45, 2.75) is 19.9 Å². The highest BCUT2D eigenvalue weighted by Crippen LogP contribution is 2.19. The Morgan fingerprint density at radius 1 is 1.13 bits per heavy atom. The number of hydrogen-bond acceptors (Lipinski definition) is 1. The fraction of sp³-hybridized carbons (Fsp3) is 0.211. The molecule has 1 N–H and O–H groups in total. The van der Waals surface area contributed by atoms with Crippen LogP contribution in [0.5, 0.6) is 0 Å². The molecule has 0 aliphatic carbocycles. The lowest BCUT2D eigenvalue weighted by Gasteiger charge is -2.21. The third-order valence-corrected chi connectivity index (χ3v) is 3.81. The first-order valence-electron chi connectivity index (χ1n) is 7.79. The Hall–Kier alpha value is -2.62. The number of nitrogens with zero attached hydrogens (tertiary/aromatic N) is 1. The molecule has 1 heterocycles. The Balaban J connectivity index is 1.87. The minimum atomic E-state index is -0.301. The van der Waals surface area contributed by atoms with Crippen molar-refractivity contribution < 1.29 is 9.18 Å². The van der Waals surface area contributed by atoms with E-state index in [-0.39, 0.29) is 11.7 Å². The molecule has 2 aromatic carbocycles. The number of aromatic nitrogens is 1. The zero-order valence-electron chi connectivity index (χ0n) is 13.1. The van der Waals surface area contributed by atoms with E-state index in [0.29, 0.717) is 24.2 Å². The van der Waals surface area contributed by atoms with Crippen molar-refractivity contribution in [2.24, 2.45) is 0 Å². The van der Waals surface area contributed by atoms with Crippen LogP contribution in [0.2, 0.25) is 0 Å². The van der Waals surface area contributed by atoms with Gasteiger partial charge >= 0.3 is 0 Å². The summed E-state index contributed by atoms with van der Waals surface area (Å²) in [6, 6.07) is 16.1. The predicted molar refractivity (Wildman–Crippen MR) is 89.7 cm³/mol. The van der Waals surface area contributed by atoms with E-state index in [4.69, 9.17) is 0 Å². The molecular weight excluding hydrogens is 291 g/mol. The van der Waals surface area contributed by atoms with E-state index in [1.54, 1.807) is 12.1 Å². The number of rotatable bonds is 5. The summed E-state index contributed by atoms with van der Waals surface area (Å²) >= 11 is 0. The van der Waals surface area contributed by atoms with Crippen molar-refractivity contribution in [3.05, 3.63) is 71.7 Å². The molecule has 0 atom stereocenters. The molecule has 0 fully saturated rings. The van der Waals surface area contributed by atoms with Crippen LogP contribution in [0.4, 0.5) is 4.39 Å². The molecule has 1 aromatic heterocycles. The van der Waals surface area contributed by atoms with Crippen LogP contribution in [-0.4, -0.2) is 22.3 Å². The van der Waals surface area contributed by atoms with Crippen LogP contribution < -0.4 is 0 Å². The number of H-pyrrole nitrogens is 1. The molecule has 0 aliphatic rings. The summed E-state index contributed by atoms with van der Waals surface area (Å²) < 4.78 is 13.3. The van der Waals surface area contributed by atoms with Crippen LogP contribution in [0, 0.1) is 5.82 Å². The van der Waals surface area contributed by atoms with Gasteiger partial charge in [-0.25, -0.2) is 4.39 Å². The van der Waals surface area contributed by atoms with E-state index in [1.165, 1.54) is 12.1 Å². The maximum Gasteiger partial charge on any atom is 0.270 e. The van der Waals surface area contributed by atoms with E-state index in [2.05, 4.69) is 4.98 Å². The summed E-state index contributed by atoms with van der Waals surface area (Å²) in [5, 5.41) is 0.713. The third kappa shape index (κ3) is 3.42. The lowest BCUT2D eigenvalue weighted by Crippen LogP contribution is -2.31.